The first-order chi connectivity index (χ1) is 14.9. The number of nitrogens with one attached hydrogen (secondary N) is 1. The van der Waals surface area contributed by atoms with Crippen LogP contribution in [0.2, 0.25) is 5.02 Å². The first-order valence-electron chi connectivity index (χ1n) is 10.6. The Hall–Kier alpha value is -2.86. The summed E-state index contributed by atoms with van der Waals surface area (Å²) >= 11 is 6.26. The number of urea groups is 1. The van der Waals surface area contributed by atoms with Crippen molar-refractivity contribution in [1.82, 2.24) is 15.1 Å². The van der Waals surface area contributed by atoms with E-state index in [0.29, 0.717) is 29.6 Å². The molecular formula is C24H26ClN3O3. The zero-order chi connectivity index (χ0) is 22.0. The first kappa shape index (κ1) is 21.4. The Labute approximate surface area is 187 Å². The SMILES string of the molecule is C[C@]1(c2ccccc2Cl)NC(=O)N(CC(=O)N2CCC(Cc3ccccc3)CC2)C1=O. The highest BCUT2D eigenvalue weighted by Gasteiger charge is 2.50. The predicted octanol–water partition coefficient (Wildman–Crippen LogP) is 3.59. The minimum Gasteiger partial charge on any atom is -0.341 e. The van der Waals surface area contributed by atoms with Crippen LogP contribution < -0.4 is 5.32 Å². The molecule has 4 rings (SSSR count). The van der Waals surface area contributed by atoms with Crippen molar-refractivity contribution in [3.8, 4) is 0 Å². The Bertz CT molecular complexity index is 989. The molecule has 0 saturated carbocycles. The number of benzene rings is 2. The largest absolute Gasteiger partial charge is 0.341 e. The van der Waals surface area contributed by atoms with Crippen LogP contribution in [-0.2, 0) is 21.5 Å². The molecule has 0 unspecified atom stereocenters. The molecule has 2 aliphatic heterocycles. The van der Waals surface area contributed by atoms with Gasteiger partial charge in [0.1, 0.15) is 12.1 Å². The van der Waals surface area contributed by atoms with Gasteiger partial charge in [-0.3, -0.25) is 14.5 Å². The maximum Gasteiger partial charge on any atom is 0.325 e. The van der Waals surface area contributed by atoms with Gasteiger partial charge in [0.15, 0.2) is 0 Å². The first-order valence-corrected chi connectivity index (χ1v) is 11.0. The van der Waals surface area contributed by atoms with Gasteiger partial charge in [0, 0.05) is 23.7 Å². The third-order valence-corrected chi connectivity index (χ3v) is 6.64. The van der Waals surface area contributed by atoms with Crippen LogP contribution in [0, 0.1) is 5.92 Å². The zero-order valence-electron chi connectivity index (χ0n) is 17.5. The fraction of sp³-hybridized carbons (Fsp3) is 0.375. The van der Waals surface area contributed by atoms with Crippen molar-refractivity contribution in [3.63, 3.8) is 0 Å². The van der Waals surface area contributed by atoms with Crippen molar-refractivity contribution in [2.75, 3.05) is 19.6 Å². The summed E-state index contributed by atoms with van der Waals surface area (Å²) in [4.78, 5) is 41.2. The van der Waals surface area contributed by atoms with Gasteiger partial charge in [0.05, 0.1) is 0 Å². The zero-order valence-corrected chi connectivity index (χ0v) is 18.3. The molecule has 6 nitrogen and oxygen atoms in total. The van der Waals surface area contributed by atoms with Crippen LogP contribution in [-0.4, -0.2) is 47.3 Å². The number of carbonyl (C=O) groups excluding carboxylic acids is 3. The summed E-state index contributed by atoms with van der Waals surface area (Å²) in [5, 5.41) is 3.11. The van der Waals surface area contributed by atoms with Gasteiger partial charge in [-0.2, -0.15) is 0 Å². The Kier molecular flexibility index (Phi) is 6.01. The Balaban J connectivity index is 1.36. The molecule has 0 bridgehead atoms. The highest BCUT2D eigenvalue weighted by atomic mass is 35.5. The molecule has 0 aliphatic carbocycles. The van der Waals surface area contributed by atoms with Crippen molar-refractivity contribution < 1.29 is 14.4 Å². The van der Waals surface area contributed by atoms with E-state index in [4.69, 9.17) is 11.6 Å². The van der Waals surface area contributed by atoms with Crippen molar-refractivity contribution in [3.05, 3.63) is 70.7 Å². The average Bonchev–Trinajstić information content (AvgIpc) is 2.99. The normalized spacial score (nSPS) is 22.0. The number of nitrogens with zero attached hydrogens (tertiary/aromatic N) is 2. The van der Waals surface area contributed by atoms with Crippen LogP contribution in [0.3, 0.4) is 0 Å². The molecule has 0 aromatic heterocycles. The van der Waals surface area contributed by atoms with Crippen LogP contribution in [0.5, 0.6) is 0 Å². The number of rotatable bonds is 5. The van der Waals surface area contributed by atoms with Gasteiger partial charge >= 0.3 is 6.03 Å². The molecule has 2 fully saturated rings. The number of hydrogen-bond acceptors (Lipinski definition) is 3. The van der Waals surface area contributed by atoms with Crippen LogP contribution in [0.4, 0.5) is 4.79 Å². The number of carbonyl (C=O) groups is 3. The Morgan fingerprint density at radius 3 is 2.39 bits per heavy atom. The summed E-state index contributed by atoms with van der Waals surface area (Å²) in [6, 6.07) is 16.7. The standard InChI is InChI=1S/C24H26ClN3O3/c1-24(19-9-5-6-10-20(19)25)22(30)28(23(31)26-24)16-21(29)27-13-11-18(12-14-27)15-17-7-3-2-4-8-17/h2-10,18H,11-16H2,1H3,(H,26,31)/t24-/m1/s1. The second kappa shape index (κ2) is 8.71. The van der Waals surface area contributed by atoms with Gasteiger partial charge in [-0.05, 0) is 43.7 Å². The van der Waals surface area contributed by atoms with Crippen molar-refractivity contribution in [2.24, 2.45) is 5.92 Å². The Morgan fingerprint density at radius 2 is 1.71 bits per heavy atom. The van der Waals surface area contributed by atoms with E-state index in [0.717, 1.165) is 24.2 Å². The number of piperidine rings is 1. The summed E-state index contributed by atoms with van der Waals surface area (Å²) in [6.45, 7) is 2.64. The van der Waals surface area contributed by atoms with Crippen LogP contribution >= 0.6 is 11.6 Å². The van der Waals surface area contributed by atoms with E-state index in [2.05, 4.69) is 17.4 Å². The third-order valence-electron chi connectivity index (χ3n) is 6.32. The smallest absolute Gasteiger partial charge is 0.325 e. The van der Waals surface area contributed by atoms with Gasteiger partial charge in [-0.25, -0.2) is 4.79 Å². The van der Waals surface area contributed by atoms with Crippen molar-refractivity contribution >= 4 is 29.4 Å². The molecule has 2 heterocycles. The number of halogens is 1. The predicted molar refractivity (Wildman–Crippen MR) is 118 cm³/mol. The Morgan fingerprint density at radius 1 is 1.06 bits per heavy atom. The van der Waals surface area contributed by atoms with Gasteiger partial charge < -0.3 is 10.2 Å². The van der Waals surface area contributed by atoms with Crippen molar-refractivity contribution in [2.45, 2.75) is 31.7 Å². The maximum atomic E-state index is 13.1. The lowest BCUT2D eigenvalue weighted by Gasteiger charge is -2.33. The van der Waals surface area contributed by atoms with E-state index < -0.39 is 17.5 Å². The molecule has 162 valence electrons. The van der Waals surface area contributed by atoms with E-state index in [1.807, 2.05) is 18.2 Å². The van der Waals surface area contributed by atoms with E-state index in [1.54, 1.807) is 36.1 Å². The van der Waals surface area contributed by atoms with Gasteiger partial charge in [-0.15, -0.1) is 0 Å². The van der Waals surface area contributed by atoms with Gasteiger partial charge in [0.2, 0.25) is 5.91 Å². The molecule has 0 radical (unpaired) electrons. The van der Waals surface area contributed by atoms with E-state index in [-0.39, 0.29) is 12.5 Å². The lowest BCUT2D eigenvalue weighted by Crippen LogP contribution is -2.47. The van der Waals surface area contributed by atoms with Crippen LogP contribution in [0.15, 0.2) is 54.6 Å². The van der Waals surface area contributed by atoms with E-state index in [9.17, 15) is 14.4 Å². The molecular weight excluding hydrogens is 414 g/mol. The molecule has 2 aromatic carbocycles. The molecule has 2 aromatic rings. The summed E-state index contributed by atoms with van der Waals surface area (Å²) in [6.07, 6.45) is 2.84. The number of hydrogen-bond donors (Lipinski definition) is 1. The maximum absolute atomic E-state index is 13.1. The number of amides is 4. The fourth-order valence-electron chi connectivity index (χ4n) is 4.46. The highest BCUT2D eigenvalue weighted by Crippen LogP contribution is 2.33. The minimum atomic E-state index is -1.28. The molecule has 7 heteroatoms. The molecule has 4 amide bonds. The summed E-state index contributed by atoms with van der Waals surface area (Å²) in [5.41, 5.74) is 0.551. The van der Waals surface area contributed by atoms with E-state index in [1.165, 1.54) is 5.56 Å². The minimum absolute atomic E-state index is 0.204. The topological polar surface area (TPSA) is 69.7 Å². The third kappa shape index (κ3) is 4.30. The monoisotopic (exact) mass is 439 g/mol. The summed E-state index contributed by atoms with van der Waals surface area (Å²) < 4.78 is 0. The molecule has 2 saturated heterocycles. The molecule has 1 atom stereocenters. The van der Waals surface area contributed by atoms with Crippen LogP contribution in [0.25, 0.3) is 0 Å². The van der Waals surface area contributed by atoms with E-state index >= 15 is 0 Å². The lowest BCUT2D eigenvalue weighted by molar-refractivity contribution is -0.139. The van der Waals surface area contributed by atoms with Crippen molar-refractivity contribution in [1.29, 1.82) is 0 Å². The number of imide groups is 1. The molecule has 2 aliphatic rings. The van der Waals surface area contributed by atoms with Crippen LogP contribution in [0.1, 0.15) is 30.9 Å². The fourth-order valence-corrected chi connectivity index (χ4v) is 4.78. The molecule has 0 spiro atoms. The second-order valence-corrected chi connectivity index (χ2v) is 8.85. The van der Waals surface area contributed by atoms with Gasteiger partial charge in [0.25, 0.3) is 5.91 Å². The van der Waals surface area contributed by atoms with Gasteiger partial charge in [-0.1, -0.05) is 60.1 Å². The average molecular weight is 440 g/mol. The summed E-state index contributed by atoms with van der Waals surface area (Å²) in [7, 11) is 0. The second-order valence-electron chi connectivity index (χ2n) is 8.44. The lowest BCUT2D eigenvalue weighted by atomic mass is 9.90. The molecule has 31 heavy (non-hydrogen) atoms. The highest BCUT2D eigenvalue weighted by molar-refractivity contribution is 6.32. The number of likely N-dealkylation sites (tertiary alicyclic amines) is 1. The molecule has 1 N–H and O–H groups in total. The quantitative estimate of drug-likeness (QED) is 0.724. The summed E-state index contributed by atoms with van der Waals surface area (Å²) in [5.74, 6) is -0.130.